The molecule has 1 aromatic carbocycles. The average Bonchev–Trinajstić information content (AvgIpc) is 2.98. The molecular weight excluding hydrogens is 401 g/mol. The van der Waals surface area contributed by atoms with Gasteiger partial charge in [0.1, 0.15) is 22.5 Å². The molecule has 0 fully saturated rings. The minimum absolute atomic E-state index is 0.271. The fraction of sp³-hybridized carbons (Fsp3) is 0.263. The summed E-state index contributed by atoms with van der Waals surface area (Å²) in [5.74, 6) is 0.271. The second-order valence-corrected chi connectivity index (χ2v) is 7.91. The number of para-hydroxylation sites is 1. The first-order chi connectivity index (χ1) is 13.7. The number of aliphatic imine (C=N–C) groups is 1. The van der Waals surface area contributed by atoms with E-state index in [4.69, 9.17) is 11.5 Å². The molecule has 4 rings (SSSR count). The van der Waals surface area contributed by atoms with E-state index in [1.807, 2.05) is 36.9 Å². The molecule has 152 valence electrons. The van der Waals surface area contributed by atoms with Crippen LogP contribution in [0.1, 0.15) is 16.7 Å². The summed E-state index contributed by atoms with van der Waals surface area (Å²) in [6.07, 6.45) is -2.88. The lowest BCUT2D eigenvalue weighted by Crippen LogP contribution is -2.51. The van der Waals surface area contributed by atoms with Gasteiger partial charge >= 0.3 is 6.18 Å². The topological polar surface area (TPSA) is 83.8 Å². The van der Waals surface area contributed by atoms with Crippen molar-refractivity contribution < 1.29 is 13.2 Å². The molecule has 2 unspecified atom stereocenters. The van der Waals surface area contributed by atoms with Crippen LogP contribution in [0.5, 0.6) is 0 Å². The van der Waals surface area contributed by atoms with Crippen LogP contribution < -0.4 is 21.3 Å². The van der Waals surface area contributed by atoms with Crippen LogP contribution >= 0.6 is 11.8 Å². The Balaban J connectivity index is 1.71. The predicted molar refractivity (Wildman–Crippen MR) is 109 cm³/mol. The Morgan fingerprint density at radius 1 is 1.07 bits per heavy atom. The lowest BCUT2D eigenvalue weighted by molar-refractivity contribution is -0.137. The molecule has 1 aromatic heterocycles. The number of pyridine rings is 1. The molecule has 0 saturated heterocycles. The van der Waals surface area contributed by atoms with Crippen LogP contribution in [0.4, 0.5) is 24.7 Å². The third-order valence-corrected chi connectivity index (χ3v) is 5.85. The fourth-order valence-electron chi connectivity index (χ4n) is 3.49. The number of alkyl halides is 3. The molecule has 2 aromatic rings. The standard InChI is InChI=1S/C19H19F3N6S/c1-10-4-3-5-11(2)14(10)28-15-16(23)27(9-26-17(15)29-18(28)24)13-7-6-12(8-25-13)19(20,21)22/h3-9,16,18H,23-24H2,1-2H3. The largest absolute Gasteiger partial charge is 0.417 e. The fourth-order valence-corrected chi connectivity index (χ4v) is 4.49. The molecule has 29 heavy (non-hydrogen) atoms. The highest BCUT2D eigenvalue weighted by atomic mass is 32.2. The molecular formula is C19H19F3N6S. The monoisotopic (exact) mass is 420 g/mol. The maximum absolute atomic E-state index is 12.8. The number of nitrogens with two attached hydrogens (primary N) is 2. The number of aryl methyl sites for hydroxylation is 2. The summed E-state index contributed by atoms with van der Waals surface area (Å²) in [4.78, 5) is 11.9. The minimum Gasteiger partial charge on any atom is -0.314 e. The van der Waals surface area contributed by atoms with Gasteiger partial charge in [-0.2, -0.15) is 13.2 Å². The van der Waals surface area contributed by atoms with E-state index in [-0.39, 0.29) is 5.82 Å². The number of rotatable bonds is 2. The quantitative estimate of drug-likeness (QED) is 0.774. The van der Waals surface area contributed by atoms with Crippen molar-refractivity contribution in [3.63, 3.8) is 0 Å². The average molecular weight is 420 g/mol. The first-order valence-corrected chi connectivity index (χ1v) is 9.69. The van der Waals surface area contributed by atoms with Crippen molar-refractivity contribution in [3.05, 3.63) is 63.9 Å². The van der Waals surface area contributed by atoms with E-state index >= 15 is 0 Å². The molecule has 0 aliphatic carbocycles. The van der Waals surface area contributed by atoms with E-state index in [0.717, 1.165) is 29.1 Å². The second-order valence-electron chi connectivity index (χ2n) is 6.81. The lowest BCUT2D eigenvalue weighted by Gasteiger charge is -2.36. The zero-order valence-corrected chi connectivity index (χ0v) is 16.5. The number of thioether (sulfide) groups is 1. The number of benzene rings is 1. The van der Waals surface area contributed by atoms with Crippen molar-refractivity contribution in [1.82, 2.24) is 4.98 Å². The Bertz CT molecular complexity index is 982. The summed E-state index contributed by atoms with van der Waals surface area (Å²) in [5, 5.41) is 0.691. The molecule has 3 heterocycles. The molecule has 0 spiro atoms. The molecule has 6 nitrogen and oxygen atoms in total. The van der Waals surface area contributed by atoms with Crippen LogP contribution in [-0.4, -0.2) is 23.0 Å². The summed E-state index contributed by atoms with van der Waals surface area (Å²) in [6.45, 7) is 3.98. The van der Waals surface area contributed by atoms with Crippen molar-refractivity contribution in [2.75, 3.05) is 9.80 Å². The highest BCUT2D eigenvalue weighted by Crippen LogP contribution is 2.45. The summed E-state index contributed by atoms with van der Waals surface area (Å²) in [7, 11) is 0. The van der Waals surface area contributed by atoms with Gasteiger partial charge in [-0.25, -0.2) is 9.98 Å². The van der Waals surface area contributed by atoms with Gasteiger partial charge in [0.05, 0.1) is 17.6 Å². The van der Waals surface area contributed by atoms with Gasteiger partial charge in [-0.05, 0) is 37.1 Å². The number of hydrogen-bond donors (Lipinski definition) is 2. The van der Waals surface area contributed by atoms with Gasteiger partial charge in [0, 0.05) is 11.9 Å². The number of anilines is 2. The van der Waals surface area contributed by atoms with Crippen molar-refractivity contribution in [1.29, 1.82) is 0 Å². The molecule has 0 bridgehead atoms. The molecule has 10 heteroatoms. The molecule has 2 aliphatic rings. The minimum atomic E-state index is -4.45. The predicted octanol–water partition coefficient (Wildman–Crippen LogP) is 3.52. The molecule has 4 N–H and O–H groups in total. The third-order valence-electron chi connectivity index (χ3n) is 4.86. The van der Waals surface area contributed by atoms with Gasteiger partial charge < -0.3 is 16.4 Å². The summed E-state index contributed by atoms with van der Waals surface area (Å²) < 4.78 is 38.5. The van der Waals surface area contributed by atoms with E-state index in [9.17, 15) is 13.2 Å². The Hall–Kier alpha value is -2.56. The van der Waals surface area contributed by atoms with Gasteiger partial charge in [-0.1, -0.05) is 30.0 Å². The smallest absolute Gasteiger partial charge is 0.314 e. The number of nitrogens with zero attached hydrogens (tertiary/aromatic N) is 4. The third kappa shape index (κ3) is 3.37. The van der Waals surface area contributed by atoms with Crippen LogP contribution in [-0.2, 0) is 6.18 Å². The Labute approximate surface area is 170 Å². The van der Waals surface area contributed by atoms with Gasteiger partial charge in [0.15, 0.2) is 0 Å². The summed E-state index contributed by atoms with van der Waals surface area (Å²) in [6, 6.07) is 8.21. The van der Waals surface area contributed by atoms with Crippen LogP contribution in [0, 0.1) is 13.8 Å². The highest BCUT2D eigenvalue weighted by Gasteiger charge is 2.40. The van der Waals surface area contributed by atoms with E-state index < -0.39 is 23.4 Å². The van der Waals surface area contributed by atoms with Crippen molar-refractivity contribution in [3.8, 4) is 0 Å². The molecule has 0 saturated carbocycles. The Kier molecular flexibility index (Phi) is 4.80. The first kappa shape index (κ1) is 19.7. The first-order valence-electron chi connectivity index (χ1n) is 8.81. The summed E-state index contributed by atoms with van der Waals surface area (Å²) in [5.41, 5.74) is 15.4. The maximum Gasteiger partial charge on any atom is 0.417 e. The maximum atomic E-state index is 12.8. The van der Waals surface area contributed by atoms with Crippen LogP contribution in [0.2, 0.25) is 0 Å². The zero-order chi connectivity index (χ0) is 20.9. The van der Waals surface area contributed by atoms with Crippen molar-refractivity contribution in [2.24, 2.45) is 16.5 Å². The van der Waals surface area contributed by atoms with Gasteiger partial charge in [-0.3, -0.25) is 4.90 Å². The van der Waals surface area contributed by atoms with Gasteiger partial charge in [0.25, 0.3) is 0 Å². The van der Waals surface area contributed by atoms with Crippen LogP contribution in [0.3, 0.4) is 0 Å². The van der Waals surface area contributed by atoms with Gasteiger partial charge in [0.2, 0.25) is 0 Å². The van der Waals surface area contributed by atoms with E-state index in [1.165, 1.54) is 29.1 Å². The zero-order valence-electron chi connectivity index (χ0n) is 15.7. The number of halogens is 3. The van der Waals surface area contributed by atoms with E-state index in [0.29, 0.717) is 10.7 Å². The van der Waals surface area contributed by atoms with E-state index in [2.05, 4.69) is 9.98 Å². The number of aromatic nitrogens is 1. The highest BCUT2D eigenvalue weighted by molar-refractivity contribution is 8.04. The van der Waals surface area contributed by atoms with E-state index in [1.54, 1.807) is 0 Å². The Morgan fingerprint density at radius 2 is 1.76 bits per heavy atom. The van der Waals surface area contributed by atoms with Crippen molar-refractivity contribution in [2.45, 2.75) is 31.7 Å². The normalized spacial score (nSPS) is 21.8. The van der Waals surface area contributed by atoms with Crippen LogP contribution in [0.25, 0.3) is 0 Å². The molecule has 0 radical (unpaired) electrons. The van der Waals surface area contributed by atoms with Gasteiger partial charge in [-0.15, -0.1) is 0 Å². The molecule has 2 aliphatic heterocycles. The SMILES string of the molecule is Cc1cccc(C)c1N1C2=C(N=CN(c3ccc(C(F)(F)F)cn3)C2N)SC1N. The lowest BCUT2D eigenvalue weighted by atomic mass is 10.1. The van der Waals surface area contributed by atoms with Crippen LogP contribution in [0.15, 0.2) is 52.2 Å². The second kappa shape index (κ2) is 7.05. The molecule has 2 atom stereocenters. The Morgan fingerprint density at radius 3 is 2.34 bits per heavy atom. The number of hydrogen-bond acceptors (Lipinski definition) is 7. The molecule has 0 amide bonds. The van der Waals surface area contributed by atoms with Crippen molar-refractivity contribution >= 4 is 29.6 Å². The summed E-state index contributed by atoms with van der Waals surface area (Å²) >= 11 is 1.39.